The fraction of sp³-hybridized carbons (Fsp3) is 0.439. The van der Waals surface area contributed by atoms with Crippen molar-refractivity contribution in [1.82, 2.24) is 35.1 Å². The Balaban J connectivity index is 1.09. The maximum Gasteiger partial charge on any atom is 0.408 e. The minimum absolute atomic E-state index is 0.117. The summed E-state index contributed by atoms with van der Waals surface area (Å²) < 4.78 is 11.3. The van der Waals surface area contributed by atoms with Gasteiger partial charge in [0.25, 0.3) is 0 Å². The minimum atomic E-state index is -0.926. The number of imidazole rings is 2. The number of benzene rings is 3. The van der Waals surface area contributed by atoms with E-state index in [2.05, 4.69) is 72.5 Å². The molecule has 2 saturated heterocycles. The van der Waals surface area contributed by atoms with Crippen molar-refractivity contribution in [3.05, 3.63) is 65.9 Å². The Hall–Kier alpha value is -5.59. The summed E-state index contributed by atoms with van der Waals surface area (Å²) in [4.78, 5) is 58.3. The molecule has 0 aliphatic carbocycles. The van der Waals surface area contributed by atoms with E-state index >= 15 is 0 Å². The maximum atomic E-state index is 13.7. The van der Waals surface area contributed by atoms with Gasteiger partial charge in [-0.25, -0.2) is 19.6 Å². The highest BCUT2D eigenvalue weighted by molar-refractivity contribution is 6.09. The van der Waals surface area contributed by atoms with Gasteiger partial charge in [-0.2, -0.15) is 0 Å². The Morgan fingerprint density at radius 3 is 2.56 bits per heavy atom. The second kappa shape index (κ2) is 13.1. The van der Waals surface area contributed by atoms with E-state index in [1.165, 1.54) is 7.11 Å². The van der Waals surface area contributed by atoms with E-state index in [0.29, 0.717) is 31.9 Å². The first-order chi connectivity index (χ1) is 25.8. The van der Waals surface area contributed by atoms with E-state index in [4.69, 9.17) is 19.4 Å². The Morgan fingerprint density at radius 2 is 1.81 bits per heavy atom. The van der Waals surface area contributed by atoms with Crippen LogP contribution >= 0.6 is 0 Å². The lowest BCUT2D eigenvalue weighted by Gasteiger charge is -2.45. The van der Waals surface area contributed by atoms with Crippen molar-refractivity contribution >= 4 is 39.9 Å². The van der Waals surface area contributed by atoms with Crippen LogP contribution in [-0.2, 0) is 21.7 Å². The maximum absolute atomic E-state index is 13.7. The number of nitrogens with zero attached hydrogens (tertiary/aromatic N) is 4. The number of aromatic amines is 2. The zero-order valence-corrected chi connectivity index (χ0v) is 31.6. The van der Waals surface area contributed by atoms with Crippen molar-refractivity contribution in [1.29, 1.82) is 0 Å². The Kier molecular flexibility index (Phi) is 8.57. The van der Waals surface area contributed by atoms with Crippen LogP contribution in [0.25, 0.3) is 44.2 Å². The highest BCUT2D eigenvalue weighted by Crippen LogP contribution is 2.51. The summed E-state index contributed by atoms with van der Waals surface area (Å²) in [5.41, 5.74) is 5.49. The predicted molar refractivity (Wildman–Crippen MR) is 204 cm³/mol. The number of carbonyl (C=O) groups is 3. The third kappa shape index (κ3) is 5.54. The summed E-state index contributed by atoms with van der Waals surface area (Å²) in [6, 6.07) is 13.6. The molecule has 8 rings (SSSR count). The van der Waals surface area contributed by atoms with Crippen molar-refractivity contribution in [2.75, 3.05) is 20.2 Å². The Morgan fingerprint density at radius 1 is 1.04 bits per heavy atom. The zero-order chi connectivity index (χ0) is 38.1. The first kappa shape index (κ1) is 35.4. The molecule has 0 radical (unpaired) electrons. The van der Waals surface area contributed by atoms with Crippen LogP contribution in [0, 0.1) is 11.3 Å². The molecule has 5 aromatic rings. The van der Waals surface area contributed by atoms with Crippen LogP contribution in [0.5, 0.6) is 5.75 Å². The van der Waals surface area contributed by atoms with Gasteiger partial charge in [0, 0.05) is 29.4 Å². The molecule has 4 N–H and O–H groups in total. The summed E-state index contributed by atoms with van der Waals surface area (Å²) in [6.45, 7) is 11.5. The van der Waals surface area contributed by atoms with Gasteiger partial charge in [0.05, 0.1) is 36.1 Å². The van der Waals surface area contributed by atoms with Gasteiger partial charge < -0.3 is 34.8 Å². The fourth-order valence-electron chi connectivity index (χ4n) is 9.02. The van der Waals surface area contributed by atoms with Crippen LogP contribution in [0.2, 0.25) is 0 Å². The molecule has 54 heavy (non-hydrogen) atoms. The Labute approximate surface area is 313 Å². The molecule has 3 atom stereocenters. The van der Waals surface area contributed by atoms with Gasteiger partial charge in [-0.1, -0.05) is 52.8 Å². The van der Waals surface area contributed by atoms with E-state index in [9.17, 15) is 19.5 Å². The van der Waals surface area contributed by atoms with Gasteiger partial charge in [0.1, 0.15) is 35.6 Å². The molecule has 3 amide bonds. The number of alkyl carbamates (subject to hydrolysis) is 1. The molecule has 3 aromatic carbocycles. The number of carboxylic acid groups (broad SMARTS) is 1. The molecule has 0 saturated carbocycles. The van der Waals surface area contributed by atoms with Gasteiger partial charge in [0.2, 0.25) is 5.91 Å². The van der Waals surface area contributed by atoms with E-state index in [0.717, 1.165) is 80.6 Å². The van der Waals surface area contributed by atoms with Crippen LogP contribution < -0.4 is 10.1 Å². The molecule has 13 nitrogen and oxygen atoms in total. The zero-order valence-electron chi connectivity index (χ0n) is 31.6. The topological polar surface area (TPSA) is 166 Å². The number of rotatable bonds is 6. The molecule has 282 valence electrons. The average Bonchev–Trinajstić information content (AvgIpc) is 3.97. The van der Waals surface area contributed by atoms with Gasteiger partial charge in [-0.15, -0.1) is 0 Å². The standard InChI is InChI=1S/C41H47N7O6/c1-22(2)32(46-38(50)53-6)36(49)47-17-7-9-31(47)35-43-29-15-14-28-26(33(29)45-35)12-13-27-25-11-10-23(19-24(25)21-54-34(27)28)30-20-42-37(44-30)41(40(3,4)5)16-8-18-48(41)39(51)52/h10-15,19-20,22,31-32H,7-9,16-18,21H2,1-6H3,(H,42,44)(H,43,45)(H,46,50)(H,51,52)/t31-,32-,41-/m0/s1. The molecule has 0 spiro atoms. The lowest BCUT2D eigenvalue weighted by molar-refractivity contribution is -0.135. The largest absolute Gasteiger partial charge is 0.488 e. The SMILES string of the molecule is COC(=O)N[C@H](C(=O)N1CCC[C@H]1c1nc2c(ccc3c4c(ccc32)-c2ccc(-c3cnc([C@]5(C(C)(C)C)CCCN5C(=O)O)[nH]3)cc2CO4)[nH]1)C(C)C. The number of amides is 3. The fourth-order valence-corrected chi connectivity index (χ4v) is 9.02. The van der Waals surface area contributed by atoms with Crippen molar-refractivity contribution < 1.29 is 29.0 Å². The highest BCUT2D eigenvalue weighted by Gasteiger charge is 2.55. The van der Waals surface area contributed by atoms with Crippen LogP contribution in [0.4, 0.5) is 9.59 Å². The molecule has 0 unspecified atom stereocenters. The van der Waals surface area contributed by atoms with Crippen LogP contribution in [0.15, 0.2) is 48.7 Å². The number of aromatic nitrogens is 4. The molecular formula is C41H47N7O6. The molecule has 2 aromatic heterocycles. The first-order valence-corrected chi connectivity index (χ1v) is 18.7. The summed E-state index contributed by atoms with van der Waals surface area (Å²) in [5, 5.41) is 14.7. The van der Waals surface area contributed by atoms with Gasteiger partial charge in [-0.3, -0.25) is 9.69 Å². The number of fused-ring (bicyclic) bond motifs is 7. The van der Waals surface area contributed by atoms with Crippen LogP contribution in [0.1, 0.15) is 83.6 Å². The van der Waals surface area contributed by atoms with Crippen molar-refractivity contribution in [3.63, 3.8) is 0 Å². The number of hydrogen-bond donors (Lipinski definition) is 4. The summed E-state index contributed by atoms with van der Waals surface area (Å²) >= 11 is 0. The lowest BCUT2D eigenvalue weighted by Crippen LogP contribution is -2.53. The number of nitrogens with one attached hydrogen (secondary N) is 3. The van der Waals surface area contributed by atoms with Crippen LogP contribution in [-0.4, -0.2) is 79.2 Å². The smallest absolute Gasteiger partial charge is 0.408 e. The quantitative estimate of drug-likeness (QED) is 0.138. The second-order valence-corrected chi connectivity index (χ2v) is 16.1. The molecule has 3 aliphatic rings. The molecule has 5 heterocycles. The first-order valence-electron chi connectivity index (χ1n) is 18.7. The summed E-state index contributed by atoms with van der Waals surface area (Å²) in [5.74, 6) is 1.93. The normalized spacial score (nSPS) is 20.2. The number of carbonyl (C=O) groups excluding carboxylic acids is 2. The second-order valence-electron chi connectivity index (χ2n) is 16.1. The molecule has 0 bridgehead atoms. The summed E-state index contributed by atoms with van der Waals surface area (Å²) in [7, 11) is 1.29. The van der Waals surface area contributed by atoms with E-state index in [1.807, 2.05) is 24.8 Å². The average molecular weight is 734 g/mol. The highest BCUT2D eigenvalue weighted by atomic mass is 16.5. The number of likely N-dealkylation sites (tertiary alicyclic amines) is 2. The minimum Gasteiger partial charge on any atom is -0.488 e. The number of hydrogen-bond acceptors (Lipinski definition) is 7. The van der Waals surface area contributed by atoms with Gasteiger partial charge in [0.15, 0.2) is 0 Å². The molecule has 2 fully saturated rings. The number of ether oxygens (including phenoxy) is 2. The number of H-pyrrole nitrogens is 2. The van der Waals surface area contributed by atoms with E-state index in [1.54, 1.807) is 11.1 Å². The van der Waals surface area contributed by atoms with E-state index < -0.39 is 23.8 Å². The third-order valence-electron chi connectivity index (χ3n) is 11.8. The Bertz CT molecular complexity index is 2300. The summed E-state index contributed by atoms with van der Waals surface area (Å²) in [6.07, 6.45) is 3.34. The van der Waals surface area contributed by atoms with E-state index in [-0.39, 0.29) is 23.3 Å². The number of methoxy groups -OCH3 is 1. The van der Waals surface area contributed by atoms with Crippen LogP contribution in [0.3, 0.4) is 0 Å². The van der Waals surface area contributed by atoms with Gasteiger partial charge >= 0.3 is 12.2 Å². The predicted octanol–water partition coefficient (Wildman–Crippen LogP) is 7.72. The monoisotopic (exact) mass is 733 g/mol. The van der Waals surface area contributed by atoms with Crippen molar-refractivity contribution in [2.24, 2.45) is 11.3 Å². The molecule has 13 heteroatoms. The van der Waals surface area contributed by atoms with Crippen molar-refractivity contribution in [2.45, 2.75) is 84.5 Å². The molecular weight excluding hydrogens is 686 g/mol. The van der Waals surface area contributed by atoms with Crippen molar-refractivity contribution in [3.8, 4) is 28.1 Å². The lowest BCUT2D eigenvalue weighted by atomic mass is 9.71. The third-order valence-corrected chi connectivity index (χ3v) is 11.8. The van der Waals surface area contributed by atoms with Gasteiger partial charge in [-0.05, 0) is 78.0 Å². The molecule has 3 aliphatic heterocycles.